The molecule has 5 heteroatoms. The number of piperidine rings is 1. The molecule has 0 spiro atoms. The van der Waals surface area contributed by atoms with Crippen molar-refractivity contribution in [3.8, 4) is 0 Å². The Hall–Kier alpha value is -1.04. The van der Waals surface area contributed by atoms with E-state index < -0.39 is 17.5 Å². The number of hydrogen-bond donors (Lipinski definition) is 2. The van der Waals surface area contributed by atoms with Crippen molar-refractivity contribution in [2.45, 2.75) is 38.2 Å². The molecule has 0 aromatic heterocycles. The summed E-state index contributed by atoms with van der Waals surface area (Å²) in [5, 5.41) is 20.3. The molecule has 4 nitrogen and oxygen atoms in total. The molecule has 0 saturated carbocycles. The molecular formula is C19H29NO3S. The molecule has 134 valence electrons. The summed E-state index contributed by atoms with van der Waals surface area (Å²) in [6.07, 6.45) is 5.12. The van der Waals surface area contributed by atoms with Crippen LogP contribution in [0.15, 0.2) is 30.3 Å². The van der Waals surface area contributed by atoms with Gasteiger partial charge in [0.2, 0.25) is 0 Å². The van der Waals surface area contributed by atoms with Crippen LogP contribution in [0, 0.1) is 5.41 Å². The van der Waals surface area contributed by atoms with Crippen molar-refractivity contribution in [1.82, 2.24) is 4.90 Å². The molecule has 0 aliphatic carbocycles. The number of thioether (sulfide) groups is 1. The maximum atomic E-state index is 12.0. The maximum absolute atomic E-state index is 12.0. The zero-order valence-electron chi connectivity index (χ0n) is 14.5. The highest BCUT2D eigenvalue weighted by Gasteiger charge is 2.48. The lowest BCUT2D eigenvalue weighted by Crippen LogP contribution is -2.56. The van der Waals surface area contributed by atoms with E-state index in [1.807, 2.05) is 30.0 Å². The third-order valence-corrected chi connectivity index (χ3v) is 5.74. The Morgan fingerprint density at radius 1 is 1.33 bits per heavy atom. The van der Waals surface area contributed by atoms with Crippen molar-refractivity contribution >= 4 is 17.7 Å². The number of carboxylic acid groups (broad SMARTS) is 1. The molecule has 0 unspecified atom stereocenters. The average Bonchev–Trinajstić information content (AvgIpc) is 2.58. The molecule has 1 aromatic carbocycles. The number of aryl methyl sites for hydroxylation is 1. The third kappa shape index (κ3) is 4.98. The summed E-state index contributed by atoms with van der Waals surface area (Å²) in [6.45, 7) is 2.18. The monoisotopic (exact) mass is 351 g/mol. The van der Waals surface area contributed by atoms with Gasteiger partial charge in [-0.3, -0.25) is 4.79 Å². The smallest absolute Gasteiger partial charge is 0.313 e. The molecule has 1 aliphatic rings. The summed E-state index contributed by atoms with van der Waals surface area (Å²) in [5.74, 6) is 0.241. The lowest BCUT2D eigenvalue weighted by molar-refractivity contribution is -0.164. The molecular weight excluding hydrogens is 322 g/mol. The quantitative estimate of drug-likeness (QED) is 0.670. The van der Waals surface area contributed by atoms with Crippen LogP contribution >= 0.6 is 11.8 Å². The largest absolute Gasteiger partial charge is 0.481 e. The second kappa shape index (κ2) is 9.44. The van der Waals surface area contributed by atoms with E-state index in [2.05, 4.69) is 23.3 Å². The van der Waals surface area contributed by atoms with E-state index in [4.69, 9.17) is 0 Å². The highest BCUT2D eigenvalue weighted by molar-refractivity contribution is 7.98. The number of aliphatic hydroxyl groups is 1. The van der Waals surface area contributed by atoms with Crippen molar-refractivity contribution in [2.24, 2.45) is 5.41 Å². The number of nitrogens with zero attached hydrogens (tertiary/aromatic N) is 1. The predicted octanol–water partition coefficient (Wildman–Crippen LogP) is 2.90. The van der Waals surface area contributed by atoms with Crippen molar-refractivity contribution in [3.05, 3.63) is 35.9 Å². The van der Waals surface area contributed by atoms with Gasteiger partial charge >= 0.3 is 5.97 Å². The zero-order valence-corrected chi connectivity index (χ0v) is 15.3. The Labute approximate surface area is 149 Å². The Morgan fingerprint density at radius 3 is 2.75 bits per heavy atom. The van der Waals surface area contributed by atoms with Crippen molar-refractivity contribution < 1.29 is 15.0 Å². The van der Waals surface area contributed by atoms with Gasteiger partial charge < -0.3 is 15.1 Å². The van der Waals surface area contributed by atoms with Crippen LogP contribution in [0.1, 0.15) is 31.2 Å². The molecule has 1 heterocycles. The van der Waals surface area contributed by atoms with Crippen LogP contribution in [0.2, 0.25) is 0 Å². The summed E-state index contributed by atoms with van der Waals surface area (Å²) in [5.41, 5.74) is 0.201. The van der Waals surface area contributed by atoms with Gasteiger partial charge in [-0.15, -0.1) is 0 Å². The Balaban J connectivity index is 1.97. The first-order valence-corrected chi connectivity index (χ1v) is 10.1. The molecule has 0 bridgehead atoms. The number of likely N-dealkylation sites (tertiary alicyclic amines) is 1. The van der Waals surface area contributed by atoms with E-state index in [9.17, 15) is 15.0 Å². The van der Waals surface area contributed by atoms with Crippen LogP contribution in [0.5, 0.6) is 0 Å². The number of carbonyl (C=O) groups is 1. The lowest BCUT2D eigenvalue weighted by Gasteiger charge is -2.43. The molecule has 2 rings (SSSR count). The molecule has 24 heavy (non-hydrogen) atoms. The van der Waals surface area contributed by atoms with Crippen LogP contribution in [0.3, 0.4) is 0 Å². The van der Waals surface area contributed by atoms with Gasteiger partial charge in [-0.2, -0.15) is 11.8 Å². The molecule has 1 saturated heterocycles. The average molecular weight is 352 g/mol. The van der Waals surface area contributed by atoms with Crippen LogP contribution in [0.4, 0.5) is 0 Å². The lowest BCUT2D eigenvalue weighted by atomic mass is 9.73. The first kappa shape index (κ1) is 19.3. The number of rotatable bonds is 9. The van der Waals surface area contributed by atoms with E-state index >= 15 is 0 Å². The van der Waals surface area contributed by atoms with Crippen LogP contribution in [0.25, 0.3) is 0 Å². The van der Waals surface area contributed by atoms with E-state index in [0.717, 1.165) is 38.1 Å². The van der Waals surface area contributed by atoms with Gasteiger partial charge in [0.15, 0.2) is 0 Å². The minimum absolute atomic E-state index is 0.465. The summed E-state index contributed by atoms with van der Waals surface area (Å²) in [7, 11) is 0. The number of hydrogen-bond acceptors (Lipinski definition) is 4. The normalized spacial score (nSPS) is 24.8. The number of carboxylic acids is 1. The summed E-state index contributed by atoms with van der Waals surface area (Å²) in [4.78, 5) is 14.2. The van der Waals surface area contributed by atoms with Crippen molar-refractivity contribution in [3.63, 3.8) is 0 Å². The molecule has 1 fully saturated rings. The molecule has 1 aliphatic heterocycles. The van der Waals surface area contributed by atoms with Crippen LogP contribution in [-0.2, 0) is 11.2 Å². The van der Waals surface area contributed by atoms with Gasteiger partial charge in [-0.1, -0.05) is 30.3 Å². The van der Waals surface area contributed by atoms with E-state index in [0.29, 0.717) is 19.4 Å². The fourth-order valence-electron chi connectivity index (χ4n) is 3.60. The van der Waals surface area contributed by atoms with Crippen molar-refractivity contribution in [2.75, 3.05) is 31.6 Å². The van der Waals surface area contributed by atoms with Gasteiger partial charge in [0.25, 0.3) is 0 Å². The first-order chi connectivity index (χ1) is 11.6. The minimum atomic E-state index is -1.02. The Morgan fingerprint density at radius 2 is 2.08 bits per heavy atom. The molecule has 1 aromatic rings. The van der Waals surface area contributed by atoms with Gasteiger partial charge in [-0.25, -0.2) is 0 Å². The number of benzene rings is 1. The Bertz CT molecular complexity index is 511. The van der Waals surface area contributed by atoms with Gasteiger partial charge in [-0.05, 0) is 56.2 Å². The molecule has 2 N–H and O–H groups in total. The van der Waals surface area contributed by atoms with Crippen LogP contribution < -0.4 is 0 Å². The fourth-order valence-corrected chi connectivity index (χ4v) is 4.02. The molecule has 0 amide bonds. The highest BCUT2D eigenvalue weighted by Crippen LogP contribution is 2.36. The van der Waals surface area contributed by atoms with E-state index in [1.54, 1.807) is 0 Å². The molecule has 0 radical (unpaired) electrons. The van der Waals surface area contributed by atoms with Gasteiger partial charge in [0.05, 0.1) is 6.10 Å². The maximum Gasteiger partial charge on any atom is 0.313 e. The second-order valence-corrected chi connectivity index (χ2v) is 7.71. The number of aliphatic hydroxyl groups excluding tert-OH is 1. The van der Waals surface area contributed by atoms with E-state index in [-0.39, 0.29) is 0 Å². The van der Waals surface area contributed by atoms with E-state index in [1.165, 1.54) is 5.56 Å². The molecule has 2 atom stereocenters. The summed E-state index contributed by atoms with van der Waals surface area (Å²) in [6, 6.07) is 10.1. The first-order valence-electron chi connectivity index (χ1n) is 8.75. The van der Waals surface area contributed by atoms with Crippen molar-refractivity contribution in [1.29, 1.82) is 0 Å². The summed E-state index contributed by atoms with van der Waals surface area (Å²) >= 11 is 1.82. The predicted molar refractivity (Wildman–Crippen MR) is 99.5 cm³/mol. The van der Waals surface area contributed by atoms with Crippen LogP contribution in [-0.4, -0.2) is 58.8 Å². The Kier molecular flexibility index (Phi) is 7.59. The minimum Gasteiger partial charge on any atom is -0.481 e. The zero-order chi connectivity index (χ0) is 17.4. The van der Waals surface area contributed by atoms with Gasteiger partial charge in [0, 0.05) is 13.1 Å². The SMILES string of the molecule is CSCCCN1CC[C@@H](O)[C@](CCCc2ccccc2)(C(=O)O)C1. The topological polar surface area (TPSA) is 60.8 Å². The summed E-state index contributed by atoms with van der Waals surface area (Å²) < 4.78 is 0. The standard InChI is InChI=1S/C19H29NO3S/c1-24-14-6-12-20-13-10-17(21)19(15-20,18(22)23)11-5-9-16-7-3-2-4-8-16/h2-4,7-8,17,21H,5-6,9-15H2,1H3,(H,22,23)/t17-,19-/m1/s1. The second-order valence-electron chi connectivity index (χ2n) is 6.73. The number of aliphatic carboxylic acids is 1. The van der Waals surface area contributed by atoms with Gasteiger partial charge in [0.1, 0.15) is 5.41 Å². The highest BCUT2D eigenvalue weighted by atomic mass is 32.2. The third-order valence-electron chi connectivity index (χ3n) is 5.04. The fraction of sp³-hybridized carbons (Fsp3) is 0.632.